The lowest BCUT2D eigenvalue weighted by Gasteiger charge is -2.09. The van der Waals surface area contributed by atoms with Crippen LogP contribution < -0.4 is 15.4 Å². The van der Waals surface area contributed by atoms with E-state index in [0.29, 0.717) is 22.9 Å². The maximum atomic E-state index is 12.1. The summed E-state index contributed by atoms with van der Waals surface area (Å²) in [5, 5.41) is 5.28. The molecule has 2 N–H and O–H groups in total. The molecule has 2 amide bonds. The van der Waals surface area contributed by atoms with Crippen LogP contribution in [0.3, 0.4) is 0 Å². The number of carbonyl (C=O) groups excluding carboxylic acids is 2. The first-order chi connectivity index (χ1) is 13.1. The van der Waals surface area contributed by atoms with Gasteiger partial charge in [0.2, 0.25) is 11.8 Å². The molecule has 0 saturated carbocycles. The molecular weight excluding hydrogens is 412 g/mol. The van der Waals surface area contributed by atoms with Gasteiger partial charge in [0.05, 0.1) is 12.7 Å². The van der Waals surface area contributed by atoms with Gasteiger partial charge in [-0.3, -0.25) is 14.6 Å². The van der Waals surface area contributed by atoms with Crippen molar-refractivity contribution in [1.29, 1.82) is 0 Å². The minimum atomic E-state index is -0.350. The Morgan fingerprint density at radius 2 is 1.89 bits per heavy atom. The van der Waals surface area contributed by atoms with E-state index in [1.165, 1.54) is 12.4 Å². The van der Waals surface area contributed by atoms with Crippen LogP contribution in [-0.4, -0.2) is 28.3 Å². The van der Waals surface area contributed by atoms with Crippen LogP contribution in [0, 0.1) is 0 Å². The number of hydrogen-bond acceptors (Lipinski definition) is 5. The lowest BCUT2D eigenvalue weighted by molar-refractivity contribution is -0.115. The van der Waals surface area contributed by atoms with Gasteiger partial charge < -0.3 is 15.4 Å². The molecule has 0 bridgehead atoms. The molecular formula is C19H15BrN4O3. The number of anilines is 1. The van der Waals surface area contributed by atoms with Crippen LogP contribution >= 0.6 is 15.9 Å². The van der Waals surface area contributed by atoms with Crippen LogP contribution in [-0.2, 0) is 4.79 Å². The van der Waals surface area contributed by atoms with Gasteiger partial charge in [-0.05, 0) is 36.4 Å². The molecule has 0 atom stereocenters. The van der Waals surface area contributed by atoms with Crippen LogP contribution in [0.5, 0.6) is 11.6 Å². The third-order valence-electron chi connectivity index (χ3n) is 3.40. The maximum absolute atomic E-state index is 12.1. The number of hydrogen-bond donors (Lipinski definition) is 2. The van der Waals surface area contributed by atoms with Gasteiger partial charge in [-0.1, -0.05) is 22.0 Å². The molecule has 0 unspecified atom stereocenters. The molecule has 3 rings (SSSR count). The Bertz CT molecular complexity index is 933. The molecule has 0 saturated heterocycles. The highest BCUT2D eigenvalue weighted by atomic mass is 79.9. The fraction of sp³-hybridized carbons (Fsp3) is 0.0526. The standard InChI is InChI=1S/C19H15BrN4O3/c20-14-6-4-13(5-7-14)19(26)23-11-17(25)24-15-2-1-3-16(10-15)27-18-12-21-8-9-22-18/h1-10,12H,11H2,(H,23,26)(H,24,25). The zero-order chi connectivity index (χ0) is 19.1. The van der Waals surface area contributed by atoms with Crippen molar-refractivity contribution < 1.29 is 14.3 Å². The molecule has 0 aliphatic heterocycles. The summed E-state index contributed by atoms with van der Waals surface area (Å²) in [5.74, 6) is 0.185. The SMILES string of the molecule is O=C(CNC(=O)c1ccc(Br)cc1)Nc1cccc(Oc2cnccn2)c1. The second kappa shape index (κ2) is 8.91. The minimum Gasteiger partial charge on any atom is -0.437 e. The Kier molecular flexibility index (Phi) is 6.11. The third-order valence-corrected chi connectivity index (χ3v) is 3.92. The number of amides is 2. The van der Waals surface area contributed by atoms with Crippen molar-refractivity contribution in [3.05, 3.63) is 77.2 Å². The van der Waals surface area contributed by atoms with Gasteiger partial charge in [-0.25, -0.2) is 4.98 Å². The van der Waals surface area contributed by atoms with E-state index in [4.69, 9.17) is 4.74 Å². The molecule has 0 fully saturated rings. The lowest BCUT2D eigenvalue weighted by atomic mass is 10.2. The highest BCUT2D eigenvalue weighted by Gasteiger charge is 2.09. The molecule has 0 aliphatic rings. The molecule has 2 aromatic carbocycles. The predicted octanol–water partition coefficient (Wildman–Crippen LogP) is 3.40. The predicted molar refractivity (Wildman–Crippen MR) is 104 cm³/mol. The molecule has 1 heterocycles. The summed E-state index contributed by atoms with van der Waals surface area (Å²) >= 11 is 3.31. The zero-order valence-corrected chi connectivity index (χ0v) is 15.6. The molecule has 8 heteroatoms. The summed E-state index contributed by atoms with van der Waals surface area (Å²) in [5.41, 5.74) is 1.02. The highest BCUT2D eigenvalue weighted by molar-refractivity contribution is 9.10. The summed E-state index contributed by atoms with van der Waals surface area (Å²) in [6.45, 7) is -0.149. The van der Waals surface area contributed by atoms with E-state index in [-0.39, 0.29) is 18.4 Å². The molecule has 0 aliphatic carbocycles. The van der Waals surface area contributed by atoms with Crippen molar-refractivity contribution in [3.63, 3.8) is 0 Å². The Morgan fingerprint density at radius 1 is 1.07 bits per heavy atom. The minimum absolute atomic E-state index is 0.149. The van der Waals surface area contributed by atoms with Crippen molar-refractivity contribution in [3.8, 4) is 11.6 Å². The Balaban J connectivity index is 1.54. The maximum Gasteiger partial charge on any atom is 0.251 e. The highest BCUT2D eigenvalue weighted by Crippen LogP contribution is 2.21. The van der Waals surface area contributed by atoms with E-state index in [9.17, 15) is 9.59 Å². The van der Waals surface area contributed by atoms with Crippen LogP contribution in [0.25, 0.3) is 0 Å². The van der Waals surface area contributed by atoms with Gasteiger partial charge in [-0.2, -0.15) is 0 Å². The summed E-state index contributed by atoms with van der Waals surface area (Å²) < 4.78 is 6.44. The lowest BCUT2D eigenvalue weighted by Crippen LogP contribution is -2.32. The molecule has 1 aromatic heterocycles. The van der Waals surface area contributed by atoms with Crippen molar-refractivity contribution in [1.82, 2.24) is 15.3 Å². The van der Waals surface area contributed by atoms with Crippen LogP contribution in [0.2, 0.25) is 0 Å². The van der Waals surface area contributed by atoms with E-state index in [1.54, 1.807) is 54.7 Å². The van der Waals surface area contributed by atoms with Crippen LogP contribution in [0.4, 0.5) is 5.69 Å². The largest absolute Gasteiger partial charge is 0.437 e. The van der Waals surface area contributed by atoms with Crippen molar-refractivity contribution in [2.75, 3.05) is 11.9 Å². The number of carbonyl (C=O) groups is 2. The number of rotatable bonds is 6. The number of nitrogens with one attached hydrogen (secondary N) is 2. The van der Waals surface area contributed by atoms with E-state index in [0.717, 1.165) is 4.47 Å². The van der Waals surface area contributed by atoms with Gasteiger partial charge in [0.25, 0.3) is 5.91 Å². The number of ether oxygens (including phenoxy) is 1. The normalized spacial score (nSPS) is 10.1. The summed E-state index contributed by atoms with van der Waals surface area (Å²) in [6.07, 6.45) is 4.56. The smallest absolute Gasteiger partial charge is 0.251 e. The van der Waals surface area contributed by atoms with Gasteiger partial charge in [0, 0.05) is 34.2 Å². The van der Waals surface area contributed by atoms with Gasteiger partial charge in [0.1, 0.15) is 5.75 Å². The van der Waals surface area contributed by atoms with Gasteiger partial charge in [-0.15, -0.1) is 0 Å². The van der Waals surface area contributed by atoms with E-state index < -0.39 is 0 Å². The number of halogens is 1. The molecule has 0 radical (unpaired) electrons. The Hall–Kier alpha value is -3.26. The average Bonchev–Trinajstić information content (AvgIpc) is 2.68. The zero-order valence-electron chi connectivity index (χ0n) is 14.1. The van der Waals surface area contributed by atoms with E-state index >= 15 is 0 Å². The topological polar surface area (TPSA) is 93.2 Å². The van der Waals surface area contributed by atoms with Crippen molar-refractivity contribution >= 4 is 33.4 Å². The Labute approximate surface area is 163 Å². The average molecular weight is 427 g/mol. The summed E-state index contributed by atoms with van der Waals surface area (Å²) in [7, 11) is 0. The molecule has 136 valence electrons. The van der Waals surface area contributed by atoms with Crippen molar-refractivity contribution in [2.24, 2.45) is 0 Å². The summed E-state index contributed by atoms with van der Waals surface area (Å²) in [6, 6.07) is 13.7. The first-order valence-corrected chi connectivity index (χ1v) is 8.77. The fourth-order valence-electron chi connectivity index (χ4n) is 2.17. The van der Waals surface area contributed by atoms with Crippen LogP contribution in [0.15, 0.2) is 71.6 Å². The Morgan fingerprint density at radius 3 is 2.63 bits per heavy atom. The number of nitrogens with zero attached hydrogens (tertiary/aromatic N) is 2. The number of aromatic nitrogens is 2. The van der Waals surface area contributed by atoms with Crippen molar-refractivity contribution in [2.45, 2.75) is 0 Å². The second-order valence-electron chi connectivity index (χ2n) is 5.41. The molecule has 7 nitrogen and oxygen atoms in total. The molecule has 3 aromatic rings. The molecule has 27 heavy (non-hydrogen) atoms. The quantitative estimate of drug-likeness (QED) is 0.629. The third kappa shape index (κ3) is 5.61. The van der Waals surface area contributed by atoms with Gasteiger partial charge in [0.15, 0.2) is 0 Å². The van der Waals surface area contributed by atoms with E-state index in [2.05, 4.69) is 36.5 Å². The monoisotopic (exact) mass is 426 g/mol. The van der Waals surface area contributed by atoms with Crippen LogP contribution in [0.1, 0.15) is 10.4 Å². The first-order valence-electron chi connectivity index (χ1n) is 7.98. The summed E-state index contributed by atoms with van der Waals surface area (Å²) in [4.78, 5) is 32.1. The molecule has 0 spiro atoms. The van der Waals surface area contributed by atoms with Gasteiger partial charge >= 0.3 is 0 Å². The van der Waals surface area contributed by atoms with E-state index in [1.807, 2.05) is 0 Å². The second-order valence-corrected chi connectivity index (χ2v) is 6.33. The first kappa shape index (κ1) is 18.5. The fourth-order valence-corrected chi connectivity index (χ4v) is 2.43. The number of benzene rings is 2.